The van der Waals surface area contributed by atoms with E-state index >= 15 is 0 Å². The summed E-state index contributed by atoms with van der Waals surface area (Å²) in [6.45, 7) is 0. The Morgan fingerprint density at radius 2 is 1.00 bits per heavy atom. The zero-order valence-corrected chi connectivity index (χ0v) is 11.9. The first-order valence-corrected chi connectivity index (χ1v) is 7.67. The fourth-order valence-corrected chi connectivity index (χ4v) is 2.83. The van der Waals surface area contributed by atoms with Crippen molar-refractivity contribution >= 4 is 12.2 Å². The molecule has 2 amide bonds. The van der Waals surface area contributed by atoms with Gasteiger partial charge in [0.15, 0.2) is 0 Å². The van der Waals surface area contributed by atoms with Crippen LogP contribution in [0.5, 0.6) is 0 Å². The Labute approximate surface area is 119 Å². The summed E-state index contributed by atoms with van der Waals surface area (Å²) in [5.74, 6) is 0. The van der Waals surface area contributed by atoms with Crippen LogP contribution in [0.15, 0.2) is 0 Å². The zero-order valence-electron chi connectivity index (χ0n) is 11.9. The normalized spacial score (nSPS) is 21.0. The molecule has 114 valence electrons. The summed E-state index contributed by atoms with van der Waals surface area (Å²) in [5.41, 5.74) is 4.47. The molecule has 6 heteroatoms. The third-order valence-electron chi connectivity index (χ3n) is 3.92. The molecule has 0 aromatic rings. The number of hydrogen-bond acceptors (Lipinski definition) is 4. The molecule has 0 aromatic carbocycles. The Hall–Kier alpha value is -1.46. The van der Waals surface area contributed by atoms with E-state index in [0.717, 1.165) is 51.4 Å². The van der Waals surface area contributed by atoms with Crippen LogP contribution in [0, 0.1) is 0 Å². The highest BCUT2D eigenvalue weighted by Crippen LogP contribution is 2.21. The van der Waals surface area contributed by atoms with Crippen molar-refractivity contribution in [3.8, 4) is 0 Å². The number of ether oxygens (including phenoxy) is 2. The van der Waals surface area contributed by atoms with E-state index in [1.54, 1.807) is 0 Å². The molecule has 6 nitrogen and oxygen atoms in total. The first kappa shape index (κ1) is 14.9. The van der Waals surface area contributed by atoms with Gasteiger partial charge in [-0.3, -0.25) is 0 Å². The summed E-state index contributed by atoms with van der Waals surface area (Å²) in [7, 11) is 0. The molecule has 2 fully saturated rings. The van der Waals surface area contributed by atoms with Crippen molar-refractivity contribution in [3.05, 3.63) is 0 Å². The summed E-state index contributed by atoms with van der Waals surface area (Å²) in [4.78, 5) is 23.0. The second-order valence-electron chi connectivity index (χ2n) is 5.58. The summed E-state index contributed by atoms with van der Waals surface area (Å²) in [6.07, 6.45) is 9.10. The van der Waals surface area contributed by atoms with Crippen molar-refractivity contribution < 1.29 is 19.1 Å². The van der Waals surface area contributed by atoms with Gasteiger partial charge in [0.2, 0.25) is 0 Å². The monoisotopic (exact) mass is 284 g/mol. The second-order valence-corrected chi connectivity index (χ2v) is 5.58. The van der Waals surface area contributed by atoms with E-state index in [-0.39, 0.29) is 12.2 Å². The molecule has 0 atom stereocenters. The molecular formula is C14H24N2O4. The Kier molecular flexibility index (Phi) is 5.95. The molecule has 2 saturated carbocycles. The minimum Gasteiger partial charge on any atom is -0.445 e. The van der Waals surface area contributed by atoms with Gasteiger partial charge in [-0.05, 0) is 51.4 Å². The molecule has 20 heavy (non-hydrogen) atoms. The molecule has 0 aromatic heterocycles. The van der Waals surface area contributed by atoms with Crippen LogP contribution in [0.25, 0.3) is 0 Å². The maximum absolute atomic E-state index is 11.5. The van der Waals surface area contributed by atoms with Crippen molar-refractivity contribution in [2.75, 3.05) is 0 Å². The highest BCUT2D eigenvalue weighted by Gasteiger charge is 2.20. The van der Waals surface area contributed by atoms with Crippen LogP contribution in [0.2, 0.25) is 0 Å². The van der Waals surface area contributed by atoms with E-state index in [1.807, 2.05) is 0 Å². The fraction of sp³-hybridized carbons (Fsp3) is 0.857. The molecule has 0 spiro atoms. The summed E-state index contributed by atoms with van der Waals surface area (Å²) in [5, 5.41) is 0. The number of hydrazine groups is 1. The van der Waals surface area contributed by atoms with Crippen LogP contribution in [0.1, 0.15) is 64.2 Å². The molecule has 2 rings (SSSR count). The summed E-state index contributed by atoms with van der Waals surface area (Å²) < 4.78 is 10.4. The number of hydrogen-bond donors (Lipinski definition) is 2. The highest BCUT2D eigenvalue weighted by molar-refractivity contribution is 5.73. The van der Waals surface area contributed by atoms with E-state index in [0.29, 0.717) is 0 Å². The number of carbonyl (C=O) groups excluding carboxylic acids is 2. The number of rotatable bonds is 2. The van der Waals surface area contributed by atoms with Gasteiger partial charge in [0.1, 0.15) is 12.2 Å². The lowest BCUT2D eigenvalue weighted by Gasteiger charge is -2.23. The molecule has 2 aliphatic rings. The van der Waals surface area contributed by atoms with Crippen molar-refractivity contribution in [2.24, 2.45) is 0 Å². The maximum Gasteiger partial charge on any atom is 0.426 e. The van der Waals surface area contributed by atoms with Crippen LogP contribution in [-0.4, -0.2) is 24.4 Å². The number of amides is 2. The topological polar surface area (TPSA) is 76.7 Å². The zero-order chi connectivity index (χ0) is 14.2. The first-order valence-electron chi connectivity index (χ1n) is 7.67. The van der Waals surface area contributed by atoms with Crippen LogP contribution in [-0.2, 0) is 9.47 Å². The Bertz CT molecular complexity index is 291. The quantitative estimate of drug-likeness (QED) is 0.764. The van der Waals surface area contributed by atoms with Gasteiger partial charge in [-0.2, -0.15) is 0 Å². The SMILES string of the molecule is O=C(NNC(=O)OC1CCCCC1)OC1CCCCC1. The third kappa shape index (κ3) is 5.27. The molecule has 0 radical (unpaired) electrons. The van der Waals surface area contributed by atoms with Gasteiger partial charge < -0.3 is 9.47 Å². The van der Waals surface area contributed by atoms with Crippen molar-refractivity contribution in [1.82, 2.24) is 10.9 Å². The Balaban J connectivity index is 1.58. The predicted octanol–water partition coefficient (Wildman–Crippen LogP) is 3.02. The number of carbonyl (C=O) groups is 2. The summed E-state index contributed by atoms with van der Waals surface area (Å²) >= 11 is 0. The third-order valence-corrected chi connectivity index (χ3v) is 3.92. The van der Waals surface area contributed by atoms with Crippen LogP contribution in [0.4, 0.5) is 9.59 Å². The standard InChI is InChI=1S/C14H24N2O4/c17-13(19-11-7-3-1-4-8-11)15-16-14(18)20-12-9-5-2-6-10-12/h11-12H,1-10H2,(H,15,17)(H,16,18). The smallest absolute Gasteiger partial charge is 0.426 e. The summed E-state index contributed by atoms with van der Waals surface area (Å²) in [6, 6.07) is 0. The lowest BCUT2D eigenvalue weighted by Crippen LogP contribution is -2.44. The van der Waals surface area contributed by atoms with Gasteiger partial charge >= 0.3 is 12.2 Å². The predicted molar refractivity (Wildman–Crippen MR) is 73.0 cm³/mol. The lowest BCUT2D eigenvalue weighted by atomic mass is 9.98. The molecule has 0 bridgehead atoms. The first-order chi connectivity index (χ1) is 9.74. The second kappa shape index (κ2) is 7.97. The van der Waals surface area contributed by atoms with Gasteiger partial charge in [-0.1, -0.05) is 12.8 Å². The number of nitrogens with one attached hydrogen (secondary N) is 2. The fourth-order valence-electron chi connectivity index (χ4n) is 2.83. The molecular weight excluding hydrogens is 260 g/mol. The van der Waals surface area contributed by atoms with Crippen molar-refractivity contribution in [3.63, 3.8) is 0 Å². The average Bonchev–Trinajstić information content (AvgIpc) is 2.47. The molecule has 2 N–H and O–H groups in total. The minimum absolute atomic E-state index is 0.0279. The van der Waals surface area contributed by atoms with Gasteiger partial charge in [-0.15, -0.1) is 0 Å². The maximum atomic E-state index is 11.5. The average molecular weight is 284 g/mol. The van der Waals surface area contributed by atoms with E-state index < -0.39 is 12.2 Å². The van der Waals surface area contributed by atoms with E-state index in [1.165, 1.54) is 12.8 Å². The van der Waals surface area contributed by atoms with Crippen LogP contribution in [0.3, 0.4) is 0 Å². The van der Waals surface area contributed by atoms with Crippen LogP contribution >= 0.6 is 0 Å². The van der Waals surface area contributed by atoms with Crippen LogP contribution < -0.4 is 10.9 Å². The Morgan fingerprint density at radius 3 is 1.35 bits per heavy atom. The molecule has 0 heterocycles. The minimum atomic E-state index is -0.613. The molecule has 0 saturated heterocycles. The van der Waals surface area contributed by atoms with Gasteiger partial charge in [0.05, 0.1) is 0 Å². The highest BCUT2D eigenvalue weighted by atomic mass is 16.6. The lowest BCUT2D eigenvalue weighted by molar-refractivity contribution is 0.0589. The van der Waals surface area contributed by atoms with Gasteiger partial charge in [-0.25, -0.2) is 20.4 Å². The van der Waals surface area contributed by atoms with E-state index in [9.17, 15) is 9.59 Å². The largest absolute Gasteiger partial charge is 0.445 e. The van der Waals surface area contributed by atoms with Crippen molar-refractivity contribution in [1.29, 1.82) is 0 Å². The molecule has 2 aliphatic carbocycles. The van der Waals surface area contributed by atoms with Crippen molar-refractivity contribution in [2.45, 2.75) is 76.4 Å². The van der Waals surface area contributed by atoms with Gasteiger partial charge in [0, 0.05) is 0 Å². The Morgan fingerprint density at radius 1 is 0.650 bits per heavy atom. The molecule has 0 unspecified atom stereocenters. The van der Waals surface area contributed by atoms with Gasteiger partial charge in [0.25, 0.3) is 0 Å². The van der Waals surface area contributed by atoms with E-state index in [2.05, 4.69) is 10.9 Å². The molecule has 0 aliphatic heterocycles. The van der Waals surface area contributed by atoms with E-state index in [4.69, 9.17) is 9.47 Å².